The van der Waals surface area contributed by atoms with Gasteiger partial charge in [-0.25, -0.2) is 4.57 Å². The molecule has 0 aromatic rings. The van der Waals surface area contributed by atoms with Gasteiger partial charge in [0.25, 0.3) is 0 Å². The van der Waals surface area contributed by atoms with E-state index in [4.69, 9.17) is 29.4 Å². The van der Waals surface area contributed by atoms with Crippen LogP contribution in [0.4, 0.5) is 0 Å². The van der Waals surface area contributed by atoms with E-state index < -0.39 is 45.1 Å². The maximum atomic E-state index is 12.7. The van der Waals surface area contributed by atoms with Crippen LogP contribution in [0.15, 0.2) is 85.1 Å². The minimum absolute atomic E-state index is 0.000563. The van der Waals surface area contributed by atoms with E-state index in [0.717, 1.165) is 96.3 Å². The molecule has 0 radical (unpaired) electrons. The van der Waals surface area contributed by atoms with E-state index in [1.165, 1.54) is 83.5 Å². The number of carbonyl (C=O) groups excluding carboxylic acids is 1. The molecule has 0 rings (SSSR count). The van der Waals surface area contributed by atoms with Crippen molar-refractivity contribution in [2.24, 2.45) is 5.73 Å². The highest BCUT2D eigenvalue weighted by molar-refractivity contribution is 7.47. The number of esters is 1. The maximum absolute atomic E-state index is 12.7. The third-order valence-electron chi connectivity index (χ3n) is 10.7. The zero-order valence-corrected chi connectivity index (χ0v) is 42.0. The number of carbonyl (C=O) groups is 2. The van der Waals surface area contributed by atoms with Crippen molar-refractivity contribution in [3.63, 3.8) is 0 Å². The van der Waals surface area contributed by atoms with Crippen LogP contribution in [0.25, 0.3) is 0 Å². The predicted octanol–water partition coefficient (Wildman–Crippen LogP) is 15.1. The van der Waals surface area contributed by atoms with Crippen LogP contribution in [0.2, 0.25) is 0 Å². The molecule has 11 heteroatoms. The monoisotopic (exact) mass is 932 g/mol. The average Bonchev–Trinajstić information content (AvgIpc) is 3.29. The highest BCUT2D eigenvalue weighted by atomic mass is 31.2. The van der Waals surface area contributed by atoms with Crippen molar-refractivity contribution in [2.45, 2.75) is 219 Å². The number of ether oxygens (including phenoxy) is 2. The van der Waals surface area contributed by atoms with E-state index in [-0.39, 0.29) is 13.0 Å². The third-order valence-corrected chi connectivity index (χ3v) is 11.6. The van der Waals surface area contributed by atoms with Crippen molar-refractivity contribution in [2.75, 3.05) is 26.4 Å². The average molecular weight is 932 g/mol. The van der Waals surface area contributed by atoms with Crippen molar-refractivity contribution in [3.8, 4) is 0 Å². The summed E-state index contributed by atoms with van der Waals surface area (Å²) >= 11 is 0. The first kappa shape index (κ1) is 62.1. The van der Waals surface area contributed by atoms with E-state index in [1.807, 2.05) is 0 Å². The second-order valence-corrected chi connectivity index (χ2v) is 18.4. The molecular weight excluding hydrogens is 838 g/mol. The maximum Gasteiger partial charge on any atom is 0.472 e. The quantitative estimate of drug-likeness (QED) is 0.0232. The number of phosphoric ester groups is 1. The smallest absolute Gasteiger partial charge is 0.472 e. The zero-order chi connectivity index (χ0) is 47.6. The molecule has 374 valence electrons. The summed E-state index contributed by atoms with van der Waals surface area (Å²) in [5.41, 5.74) is 5.37. The van der Waals surface area contributed by atoms with Crippen LogP contribution < -0.4 is 5.73 Å². The molecule has 0 bridgehead atoms. The van der Waals surface area contributed by atoms with Gasteiger partial charge in [-0.15, -0.1) is 0 Å². The molecule has 10 nitrogen and oxygen atoms in total. The molecule has 0 saturated carbocycles. The first-order valence-electron chi connectivity index (χ1n) is 25.6. The number of phosphoric acid groups is 1. The van der Waals surface area contributed by atoms with Crippen molar-refractivity contribution < 1.29 is 42.7 Å². The third kappa shape index (κ3) is 48.9. The number of rotatable bonds is 48. The Morgan fingerprint density at radius 3 is 1.34 bits per heavy atom. The lowest BCUT2D eigenvalue weighted by Gasteiger charge is -2.20. The summed E-state index contributed by atoms with van der Waals surface area (Å²) in [6.45, 7) is 3.72. The summed E-state index contributed by atoms with van der Waals surface area (Å²) in [7, 11) is -4.63. The molecule has 3 unspecified atom stereocenters. The van der Waals surface area contributed by atoms with Crippen LogP contribution in [0.1, 0.15) is 206 Å². The fourth-order valence-electron chi connectivity index (χ4n) is 6.72. The first-order chi connectivity index (χ1) is 31.7. The molecule has 0 fully saturated rings. The molecule has 0 aromatic heterocycles. The summed E-state index contributed by atoms with van der Waals surface area (Å²) < 4.78 is 33.5. The van der Waals surface area contributed by atoms with Gasteiger partial charge in [0.2, 0.25) is 0 Å². The standard InChI is InChI=1S/C54H94NO9P/c1-3-5-7-9-11-13-15-17-19-21-23-25-27-29-31-33-35-37-39-41-43-45-47-61-48-51(49-62-65(59,60)63-50-52(55)54(57)58)64-53(56)46-44-42-40-38-36-34-32-30-28-26-24-22-20-18-16-14-12-10-8-6-4-2/h5,7,11,13,16-19,22-25,29,31,51-52H,3-4,6,8-10,12,14-15,20-21,26-28,30,32-50,55H2,1-2H3,(H,57,58)(H,59,60)/b7-5-,13-11-,18-16-,19-17-,24-22-,25-23-,31-29-. The molecule has 0 aromatic carbocycles. The van der Waals surface area contributed by atoms with E-state index in [0.29, 0.717) is 13.0 Å². The minimum atomic E-state index is -4.63. The molecule has 0 aliphatic carbocycles. The Bertz CT molecular complexity index is 1360. The Kier molecular flexibility index (Phi) is 46.9. The highest BCUT2D eigenvalue weighted by Gasteiger charge is 2.27. The van der Waals surface area contributed by atoms with Gasteiger partial charge in [0, 0.05) is 13.0 Å². The first-order valence-corrected chi connectivity index (χ1v) is 27.1. The number of hydrogen-bond donors (Lipinski definition) is 3. The van der Waals surface area contributed by atoms with Crippen molar-refractivity contribution in [1.82, 2.24) is 0 Å². The number of allylic oxidation sites excluding steroid dienone is 14. The van der Waals surface area contributed by atoms with Crippen LogP contribution in [0.5, 0.6) is 0 Å². The predicted molar refractivity (Wildman–Crippen MR) is 272 cm³/mol. The van der Waals surface area contributed by atoms with E-state index >= 15 is 0 Å². The van der Waals surface area contributed by atoms with Crippen LogP contribution in [0.3, 0.4) is 0 Å². The Morgan fingerprint density at radius 2 is 0.892 bits per heavy atom. The summed E-state index contributed by atoms with van der Waals surface area (Å²) in [5, 5.41) is 8.93. The Labute approximate surface area is 397 Å². The van der Waals surface area contributed by atoms with Gasteiger partial charge in [0.1, 0.15) is 12.1 Å². The van der Waals surface area contributed by atoms with Gasteiger partial charge in [-0.2, -0.15) is 0 Å². The molecule has 4 N–H and O–H groups in total. The van der Waals surface area contributed by atoms with Crippen LogP contribution in [-0.2, 0) is 32.7 Å². The van der Waals surface area contributed by atoms with Gasteiger partial charge >= 0.3 is 19.8 Å². The fourth-order valence-corrected chi connectivity index (χ4v) is 7.50. The number of carboxylic acids is 1. The fraction of sp³-hybridized carbons (Fsp3) is 0.704. The SMILES string of the molecule is CC/C=C\C/C=C\C/C=C\C/C=C\C/C=C\CCCCCCCCOCC(COP(=O)(O)OCC(N)C(=O)O)OC(=O)CCCCCCCCCCC/C=C\C/C=C\CCCCCCC. The van der Waals surface area contributed by atoms with Crippen LogP contribution in [-0.4, -0.2) is 60.5 Å². The lowest BCUT2D eigenvalue weighted by Crippen LogP contribution is -2.34. The lowest BCUT2D eigenvalue weighted by molar-refractivity contribution is -0.154. The summed E-state index contributed by atoms with van der Waals surface area (Å²) in [4.78, 5) is 33.7. The Morgan fingerprint density at radius 1 is 0.508 bits per heavy atom. The second kappa shape index (κ2) is 49.1. The zero-order valence-electron chi connectivity index (χ0n) is 41.1. The van der Waals surface area contributed by atoms with Crippen LogP contribution in [0, 0.1) is 0 Å². The van der Waals surface area contributed by atoms with Gasteiger partial charge in [0.05, 0.1) is 19.8 Å². The van der Waals surface area contributed by atoms with Crippen LogP contribution >= 0.6 is 7.82 Å². The minimum Gasteiger partial charge on any atom is -0.480 e. The lowest BCUT2D eigenvalue weighted by atomic mass is 10.1. The molecule has 0 spiro atoms. The van der Waals surface area contributed by atoms with Gasteiger partial charge in [-0.1, -0.05) is 195 Å². The molecule has 0 amide bonds. The van der Waals surface area contributed by atoms with Crippen molar-refractivity contribution in [1.29, 1.82) is 0 Å². The van der Waals surface area contributed by atoms with Crippen molar-refractivity contribution in [3.05, 3.63) is 85.1 Å². The number of unbranched alkanes of at least 4 members (excludes halogenated alkanes) is 20. The summed E-state index contributed by atoms with van der Waals surface area (Å²) in [6.07, 6.45) is 63.5. The van der Waals surface area contributed by atoms with Gasteiger partial charge in [0.15, 0.2) is 0 Å². The molecule has 3 atom stereocenters. The Hall–Kier alpha value is -2.85. The molecule has 65 heavy (non-hydrogen) atoms. The number of carboxylic acid groups (broad SMARTS) is 1. The molecule has 0 aliphatic rings. The van der Waals surface area contributed by atoms with E-state index in [1.54, 1.807) is 0 Å². The topological polar surface area (TPSA) is 155 Å². The van der Waals surface area contributed by atoms with Gasteiger partial charge in [-0.05, 0) is 89.9 Å². The highest BCUT2D eigenvalue weighted by Crippen LogP contribution is 2.43. The number of hydrogen-bond acceptors (Lipinski definition) is 8. The number of nitrogens with two attached hydrogens (primary N) is 1. The number of aliphatic carboxylic acids is 1. The molecular formula is C54H94NO9P. The second-order valence-electron chi connectivity index (χ2n) is 16.9. The normalized spacial score (nSPS) is 14.4. The largest absolute Gasteiger partial charge is 0.480 e. The van der Waals surface area contributed by atoms with Crippen molar-refractivity contribution >= 4 is 19.8 Å². The summed E-state index contributed by atoms with van der Waals surface area (Å²) in [5.74, 6) is -1.79. The molecule has 0 aliphatic heterocycles. The van der Waals surface area contributed by atoms with Gasteiger partial charge < -0.3 is 25.2 Å². The molecule has 0 saturated heterocycles. The van der Waals surface area contributed by atoms with E-state index in [9.17, 15) is 19.0 Å². The molecule has 0 heterocycles. The Balaban J connectivity index is 4.21. The van der Waals surface area contributed by atoms with E-state index in [2.05, 4.69) is 98.9 Å². The summed E-state index contributed by atoms with van der Waals surface area (Å²) in [6, 6.07) is -1.48. The van der Waals surface area contributed by atoms with Gasteiger partial charge in [-0.3, -0.25) is 18.6 Å².